The number of carbonyl (C=O) groups excluding carboxylic acids is 1. The number of hydrogen-bond donors (Lipinski definition) is 1. The number of nitrogens with one attached hydrogen (secondary N) is 1. The molecule has 0 radical (unpaired) electrons. The summed E-state index contributed by atoms with van der Waals surface area (Å²) < 4.78 is 18.2. The molecular weight excluding hydrogens is 457 g/mol. The molecule has 0 aliphatic rings. The Morgan fingerprint density at radius 2 is 1.97 bits per heavy atom. The highest BCUT2D eigenvalue weighted by molar-refractivity contribution is 7.97. The van der Waals surface area contributed by atoms with Gasteiger partial charge in [0.15, 0.2) is 5.13 Å². The normalized spacial score (nSPS) is 10.9. The van der Waals surface area contributed by atoms with Gasteiger partial charge in [0.25, 0.3) is 5.91 Å². The highest BCUT2D eigenvalue weighted by Crippen LogP contribution is 2.32. The summed E-state index contributed by atoms with van der Waals surface area (Å²) >= 11 is 9.28. The smallest absolute Gasteiger partial charge is 0.263 e. The molecule has 0 aliphatic carbocycles. The lowest BCUT2D eigenvalue weighted by Crippen LogP contribution is -2.13. The average Bonchev–Trinajstić information content (AvgIpc) is 3.36. The van der Waals surface area contributed by atoms with E-state index in [0.717, 1.165) is 17.0 Å². The molecule has 2 aromatic heterocycles. The van der Waals surface area contributed by atoms with Gasteiger partial charge in [-0.05, 0) is 30.7 Å². The van der Waals surface area contributed by atoms with Crippen molar-refractivity contribution < 1.29 is 13.7 Å². The van der Waals surface area contributed by atoms with Gasteiger partial charge in [-0.1, -0.05) is 47.1 Å². The summed E-state index contributed by atoms with van der Waals surface area (Å²) in [6.07, 6.45) is 0. The first kappa shape index (κ1) is 21.5. The summed E-state index contributed by atoms with van der Waals surface area (Å²) in [6.45, 7) is 1.68. The first-order valence-electron chi connectivity index (χ1n) is 9.30. The zero-order chi connectivity index (χ0) is 21.8. The molecule has 1 N–H and O–H groups in total. The SMILES string of the molecule is Cc1onc(-c2ccccc2Cl)c1C(=O)Nc1nc(CSCc2ccc(F)cc2)cs1. The molecule has 0 saturated heterocycles. The van der Waals surface area contributed by atoms with Gasteiger partial charge in [0.1, 0.15) is 22.8 Å². The van der Waals surface area contributed by atoms with E-state index in [1.807, 2.05) is 17.5 Å². The van der Waals surface area contributed by atoms with Crippen LogP contribution in [0.2, 0.25) is 5.02 Å². The molecule has 9 heteroatoms. The molecule has 5 nitrogen and oxygen atoms in total. The Morgan fingerprint density at radius 1 is 1.19 bits per heavy atom. The molecule has 0 aliphatic heterocycles. The van der Waals surface area contributed by atoms with Gasteiger partial charge in [-0.3, -0.25) is 10.1 Å². The summed E-state index contributed by atoms with van der Waals surface area (Å²) in [7, 11) is 0. The Labute approximate surface area is 191 Å². The van der Waals surface area contributed by atoms with Crippen molar-refractivity contribution in [3.8, 4) is 11.3 Å². The lowest BCUT2D eigenvalue weighted by Gasteiger charge is -2.04. The molecule has 0 spiro atoms. The highest BCUT2D eigenvalue weighted by Gasteiger charge is 2.23. The van der Waals surface area contributed by atoms with E-state index >= 15 is 0 Å². The van der Waals surface area contributed by atoms with Gasteiger partial charge in [0, 0.05) is 22.4 Å². The van der Waals surface area contributed by atoms with Crippen LogP contribution in [0.3, 0.4) is 0 Å². The Balaban J connectivity index is 1.41. The molecule has 0 unspecified atom stereocenters. The van der Waals surface area contributed by atoms with Crippen molar-refractivity contribution in [2.45, 2.75) is 18.4 Å². The molecule has 4 rings (SSSR count). The van der Waals surface area contributed by atoms with Gasteiger partial charge >= 0.3 is 0 Å². The number of thioether (sulfide) groups is 1. The van der Waals surface area contributed by atoms with Crippen LogP contribution in [-0.4, -0.2) is 16.0 Å². The third-order valence-corrected chi connectivity index (χ3v) is 6.60. The number of rotatable bonds is 7. The topological polar surface area (TPSA) is 68.0 Å². The van der Waals surface area contributed by atoms with Crippen molar-refractivity contribution in [2.75, 3.05) is 5.32 Å². The minimum absolute atomic E-state index is 0.241. The fraction of sp³-hybridized carbons (Fsp3) is 0.136. The van der Waals surface area contributed by atoms with E-state index in [1.165, 1.54) is 23.5 Å². The predicted molar refractivity (Wildman–Crippen MR) is 123 cm³/mol. The Kier molecular flexibility index (Phi) is 6.70. The second-order valence-corrected chi connectivity index (χ2v) is 8.91. The second-order valence-electron chi connectivity index (χ2n) is 6.66. The Bertz CT molecular complexity index is 1210. The average molecular weight is 474 g/mol. The lowest BCUT2D eigenvalue weighted by atomic mass is 10.1. The van der Waals surface area contributed by atoms with Crippen molar-refractivity contribution in [3.63, 3.8) is 0 Å². The van der Waals surface area contributed by atoms with Gasteiger partial charge in [0.05, 0.1) is 10.7 Å². The van der Waals surface area contributed by atoms with E-state index in [9.17, 15) is 9.18 Å². The van der Waals surface area contributed by atoms with Crippen LogP contribution in [0.25, 0.3) is 11.3 Å². The quantitative estimate of drug-likeness (QED) is 0.328. The summed E-state index contributed by atoms with van der Waals surface area (Å²) in [4.78, 5) is 17.4. The van der Waals surface area contributed by atoms with Crippen LogP contribution in [0.1, 0.15) is 27.4 Å². The molecule has 158 valence electrons. The van der Waals surface area contributed by atoms with Crippen LogP contribution in [0.4, 0.5) is 9.52 Å². The number of carbonyl (C=O) groups is 1. The number of anilines is 1. The third-order valence-electron chi connectivity index (χ3n) is 4.42. The molecule has 2 aromatic carbocycles. The standard InChI is InChI=1S/C22H17ClFN3O2S2/c1-13-19(20(27-29-13)17-4-2-3-5-18(17)23)21(28)26-22-25-16(12-31-22)11-30-10-14-6-8-15(24)9-7-14/h2-9,12H,10-11H2,1H3,(H,25,26,28). The molecule has 2 heterocycles. The van der Waals surface area contributed by atoms with Crippen LogP contribution in [0, 0.1) is 12.7 Å². The number of halogens is 2. The zero-order valence-corrected chi connectivity index (χ0v) is 18.8. The predicted octanol–water partition coefficient (Wildman–Crippen LogP) is 6.58. The minimum atomic E-state index is -0.353. The van der Waals surface area contributed by atoms with Crippen LogP contribution in [-0.2, 0) is 11.5 Å². The third kappa shape index (κ3) is 5.15. The molecular formula is C22H17ClFN3O2S2. The van der Waals surface area contributed by atoms with E-state index < -0.39 is 0 Å². The molecule has 0 saturated carbocycles. The molecule has 0 bridgehead atoms. The van der Waals surface area contributed by atoms with E-state index in [1.54, 1.807) is 43.0 Å². The maximum atomic E-state index is 13.0. The van der Waals surface area contributed by atoms with Gasteiger partial charge < -0.3 is 4.52 Å². The monoisotopic (exact) mass is 473 g/mol. The van der Waals surface area contributed by atoms with E-state index in [-0.39, 0.29) is 11.7 Å². The summed E-state index contributed by atoms with van der Waals surface area (Å²) in [5.41, 5.74) is 3.26. The van der Waals surface area contributed by atoms with Gasteiger partial charge in [-0.25, -0.2) is 9.37 Å². The zero-order valence-electron chi connectivity index (χ0n) is 16.4. The van der Waals surface area contributed by atoms with Crippen LogP contribution >= 0.6 is 34.7 Å². The highest BCUT2D eigenvalue weighted by atomic mass is 35.5. The molecule has 0 fully saturated rings. The van der Waals surface area contributed by atoms with Gasteiger partial charge in [0.2, 0.25) is 0 Å². The maximum absolute atomic E-state index is 13.0. The number of aromatic nitrogens is 2. The van der Waals surface area contributed by atoms with E-state index in [2.05, 4.69) is 15.5 Å². The maximum Gasteiger partial charge on any atom is 0.263 e. The lowest BCUT2D eigenvalue weighted by molar-refractivity contribution is 0.102. The first-order valence-corrected chi connectivity index (χ1v) is 11.7. The second kappa shape index (κ2) is 9.64. The van der Waals surface area contributed by atoms with Crippen molar-refractivity contribution in [3.05, 3.63) is 87.3 Å². The van der Waals surface area contributed by atoms with Crippen molar-refractivity contribution >= 4 is 45.7 Å². The van der Waals surface area contributed by atoms with Crippen LogP contribution in [0.5, 0.6) is 0 Å². The fourth-order valence-electron chi connectivity index (χ4n) is 2.92. The molecule has 0 atom stereocenters. The molecule has 31 heavy (non-hydrogen) atoms. The summed E-state index contributed by atoms with van der Waals surface area (Å²) in [5, 5.41) is 9.73. The van der Waals surface area contributed by atoms with Gasteiger partial charge in [-0.15, -0.1) is 11.3 Å². The summed E-state index contributed by atoms with van der Waals surface area (Å²) in [6, 6.07) is 13.6. The van der Waals surface area contributed by atoms with Crippen molar-refractivity contribution in [1.82, 2.24) is 10.1 Å². The number of hydrogen-bond acceptors (Lipinski definition) is 6. The number of amides is 1. The fourth-order valence-corrected chi connectivity index (χ4v) is 4.84. The number of thiazole rings is 1. The van der Waals surface area contributed by atoms with E-state index in [4.69, 9.17) is 16.1 Å². The number of aryl methyl sites for hydroxylation is 1. The van der Waals surface area contributed by atoms with Crippen molar-refractivity contribution in [1.29, 1.82) is 0 Å². The largest absolute Gasteiger partial charge is 0.360 e. The van der Waals surface area contributed by atoms with E-state index in [0.29, 0.717) is 38.5 Å². The number of nitrogens with zero attached hydrogens (tertiary/aromatic N) is 2. The van der Waals surface area contributed by atoms with Gasteiger partial charge in [-0.2, -0.15) is 11.8 Å². The van der Waals surface area contributed by atoms with Crippen LogP contribution < -0.4 is 5.32 Å². The van der Waals surface area contributed by atoms with Crippen LogP contribution in [0.15, 0.2) is 58.4 Å². The minimum Gasteiger partial charge on any atom is -0.360 e. The van der Waals surface area contributed by atoms with Crippen molar-refractivity contribution in [2.24, 2.45) is 0 Å². The molecule has 1 amide bonds. The first-order chi connectivity index (χ1) is 15.0. The summed E-state index contributed by atoms with van der Waals surface area (Å²) in [5.74, 6) is 1.24. The Morgan fingerprint density at radius 3 is 2.74 bits per heavy atom. The molecule has 4 aromatic rings. The number of benzene rings is 2. The Hall–Kier alpha value is -2.68.